The van der Waals surface area contributed by atoms with E-state index in [4.69, 9.17) is 23.2 Å². The Balaban J connectivity index is 0. The summed E-state index contributed by atoms with van der Waals surface area (Å²) in [6.45, 7) is 7.06. The molecular formula is C10H14Cl2O4. The van der Waals surface area contributed by atoms with Gasteiger partial charge in [-0.2, -0.15) is 0 Å². The quantitative estimate of drug-likeness (QED) is 0.581. The summed E-state index contributed by atoms with van der Waals surface area (Å²) in [5.41, 5.74) is 0. The van der Waals surface area contributed by atoms with Crippen molar-refractivity contribution in [3.05, 3.63) is 23.2 Å². The molecule has 0 aliphatic heterocycles. The van der Waals surface area contributed by atoms with E-state index in [0.717, 1.165) is 12.2 Å². The zero-order valence-electron chi connectivity index (χ0n) is 9.16. The number of halogens is 2. The Labute approximate surface area is 105 Å². The van der Waals surface area contributed by atoms with Crippen molar-refractivity contribution in [2.45, 2.75) is 13.8 Å². The summed E-state index contributed by atoms with van der Waals surface area (Å²) in [6, 6.07) is 0. The highest BCUT2D eigenvalue weighted by atomic mass is 35.5. The molecule has 6 heteroatoms. The zero-order chi connectivity index (χ0) is 13.0. The molecule has 0 rings (SSSR count). The third kappa shape index (κ3) is 18.7. The predicted molar refractivity (Wildman–Crippen MR) is 63.3 cm³/mol. The van der Waals surface area contributed by atoms with Gasteiger partial charge in [0.15, 0.2) is 0 Å². The fourth-order valence-corrected chi connectivity index (χ4v) is 0.517. The Morgan fingerprint density at radius 1 is 1.06 bits per heavy atom. The first-order valence-electron chi connectivity index (χ1n) is 4.45. The third-order valence-corrected chi connectivity index (χ3v) is 0.929. The molecule has 0 bridgehead atoms. The summed E-state index contributed by atoms with van der Waals surface area (Å²) in [5.74, 6) is -1.07. The normalized spacial score (nSPS) is 9.00. The van der Waals surface area contributed by atoms with Gasteiger partial charge in [-0.1, -0.05) is 29.8 Å². The fraction of sp³-hybridized carbons (Fsp3) is 0.400. The summed E-state index contributed by atoms with van der Waals surface area (Å²) in [7, 11) is 0. The number of hydrogen-bond acceptors (Lipinski definition) is 4. The minimum atomic E-state index is -0.537. The highest BCUT2D eigenvalue weighted by molar-refractivity contribution is 6.55. The van der Waals surface area contributed by atoms with Crippen molar-refractivity contribution in [2.75, 3.05) is 13.2 Å². The van der Waals surface area contributed by atoms with E-state index >= 15 is 0 Å². The molecule has 0 amide bonds. The lowest BCUT2D eigenvalue weighted by atomic mass is 10.5. The monoisotopic (exact) mass is 268 g/mol. The highest BCUT2D eigenvalue weighted by Gasteiger charge is 1.97. The topological polar surface area (TPSA) is 52.6 Å². The van der Waals surface area contributed by atoms with Crippen LogP contribution in [0.25, 0.3) is 0 Å². The highest BCUT2D eigenvalue weighted by Crippen LogP contribution is 1.98. The van der Waals surface area contributed by atoms with Gasteiger partial charge in [0.2, 0.25) is 0 Å². The number of esters is 2. The van der Waals surface area contributed by atoms with Crippen LogP contribution in [0.15, 0.2) is 23.2 Å². The molecule has 0 saturated heterocycles. The number of carbonyl (C=O) groups is 2. The molecule has 4 nitrogen and oxygen atoms in total. The Kier molecular flexibility index (Phi) is 13.1. The van der Waals surface area contributed by atoms with E-state index in [2.05, 4.69) is 16.1 Å². The van der Waals surface area contributed by atoms with Crippen molar-refractivity contribution >= 4 is 35.1 Å². The summed E-state index contributed by atoms with van der Waals surface area (Å²) in [6.07, 6.45) is 2.09. The molecule has 0 aromatic heterocycles. The molecule has 0 atom stereocenters. The van der Waals surface area contributed by atoms with Crippen LogP contribution in [0.3, 0.4) is 0 Å². The van der Waals surface area contributed by atoms with Crippen LogP contribution in [0.1, 0.15) is 13.8 Å². The summed E-state index contributed by atoms with van der Waals surface area (Å²) >= 11 is 9.69. The van der Waals surface area contributed by atoms with Crippen LogP contribution in [0.5, 0.6) is 0 Å². The molecule has 0 aliphatic carbocycles. The van der Waals surface area contributed by atoms with Crippen molar-refractivity contribution in [1.29, 1.82) is 0 Å². The van der Waals surface area contributed by atoms with Crippen molar-refractivity contribution in [2.24, 2.45) is 0 Å². The van der Waals surface area contributed by atoms with Crippen molar-refractivity contribution < 1.29 is 19.1 Å². The number of ether oxygens (including phenoxy) is 2. The van der Waals surface area contributed by atoms with Gasteiger partial charge in [-0.05, 0) is 13.8 Å². The van der Waals surface area contributed by atoms with E-state index in [0.29, 0.717) is 13.2 Å². The Morgan fingerprint density at radius 2 is 1.31 bits per heavy atom. The Bertz CT molecular complexity index is 238. The number of hydrogen-bond donors (Lipinski definition) is 0. The third-order valence-electron chi connectivity index (χ3n) is 0.929. The van der Waals surface area contributed by atoms with Gasteiger partial charge < -0.3 is 9.47 Å². The maximum Gasteiger partial charge on any atom is 0.330 e. The van der Waals surface area contributed by atoms with Crippen LogP contribution in [0.2, 0.25) is 0 Å². The van der Waals surface area contributed by atoms with Crippen molar-refractivity contribution in [3.8, 4) is 0 Å². The number of rotatable bonds is 4. The average Bonchev–Trinajstić information content (AvgIpc) is 2.15. The summed E-state index contributed by atoms with van der Waals surface area (Å²) < 4.78 is 9.18. The summed E-state index contributed by atoms with van der Waals surface area (Å²) in [5, 5.41) is 0. The molecule has 0 aliphatic rings. The molecule has 0 unspecified atom stereocenters. The molecule has 0 N–H and O–H groups in total. The first kappa shape index (κ1) is 17.4. The largest absolute Gasteiger partial charge is 0.463 e. The fourth-order valence-electron chi connectivity index (χ4n) is 0.517. The molecule has 0 radical (unpaired) electrons. The Hall–Kier alpha value is -1.00. The lowest BCUT2D eigenvalue weighted by molar-refractivity contribution is -0.140. The smallest absolute Gasteiger partial charge is 0.330 e. The van der Waals surface area contributed by atoms with E-state index in [1.54, 1.807) is 13.8 Å². The van der Waals surface area contributed by atoms with Gasteiger partial charge in [-0.3, -0.25) is 0 Å². The number of carbonyl (C=O) groups excluding carboxylic acids is 2. The average molecular weight is 269 g/mol. The van der Waals surface area contributed by atoms with Gasteiger partial charge in [0.25, 0.3) is 0 Å². The molecule has 0 saturated carbocycles. The molecule has 0 heterocycles. The molecule has 0 fully saturated rings. The van der Waals surface area contributed by atoms with E-state index in [-0.39, 0.29) is 4.49 Å². The first-order valence-corrected chi connectivity index (χ1v) is 5.21. The van der Waals surface area contributed by atoms with Gasteiger partial charge in [-0.25, -0.2) is 9.59 Å². The molecular weight excluding hydrogens is 255 g/mol. The van der Waals surface area contributed by atoms with Crippen LogP contribution < -0.4 is 0 Å². The van der Waals surface area contributed by atoms with Gasteiger partial charge in [0, 0.05) is 12.2 Å². The van der Waals surface area contributed by atoms with Crippen LogP contribution in [-0.2, 0) is 19.1 Å². The van der Waals surface area contributed by atoms with E-state index in [1.165, 1.54) is 0 Å². The van der Waals surface area contributed by atoms with Crippen LogP contribution >= 0.6 is 23.2 Å². The molecule has 0 spiro atoms. The van der Waals surface area contributed by atoms with Crippen LogP contribution in [-0.4, -0.2) is 25.2 Å². The zero-order valence-corrected chi connectivity index (χ0v) is 10.7. The molecule has 92 valence electrons. The maximum atomic E-state index is 10.6. The lowest BCUT2D eigenvalue weighted by Gasteiger charge is -1.95. The molecule has 16 heavy (non-hydrogen) atoms. The van der Waals surface area contributed by atoms with Gasteiger partial charge in [0.1, 0.15) is 0 Å². The standard InChI is InChI=1S/C8H12O4.C2H2Cl2/c1-3-11-7(9)5-6-8(10)12-4-2;1-2(3)4/h5-6H,3-4H2,1-2H3;1H2. The van der Waals surface area contributed by atoms with Crippen LogP contribution in [0.4, 0.5) is 0 Å². The van der Waals surface area contributed by atoms with Gasteiger partial charge in [0.05, 0.1) is 17.7 Å². The van der Waals surface area contributed by atoms with Crippen molar-refractivity contribution in [1.82, 2.24) is 0 Å². The SMILES string of the molecule is C=C(Cl)Cl.CCOC(=O)C=CC(=O)OCC. The van der Waals surface area contributed by atoms with E-state index in [1.807, 2.05) is 0 Å². The van der Waals surface area contributed by atoms with Crippen molar-refractivity contribution in [3.63, 3.8) is 0 Å². The Morgan fingerprint density at radius 3 is 1.50 bits per heavy atom. The molecule has 0 aromatic rings. The minimum absolute atomic E-state index is 0.111. The van der Waals surface area contributed by atoms with Gasteiger partial charge >= 0.3 is 11.9 Å². The lowest BCUT2D eigenvalue weighted by Crippen LogP contribution is -2.03. The summed E-state index contributed by atoms with van der Waals surface area (Å²) in [4.78, 5) is 21.3. The van der Waals surface area contributed by atoms with Gasteiger partial charge in [-0.15, -0.1) is 0 Å². The van der Waals surface area contributed by atoms with Crippen LogP contribution in [0, 0.1) is 0 Å². The first-order chi connectivity index (χ1) is 7.43. The molecule has 0 aromatic carbocycles. The maximum absolute atomic E-state index is 10.6. The second kappa shape index (κ2) is 12.1. The second-order valence-corrected chi connectivity index (χ2v) is 3.28. The second-order valence-electron chi connectivity index (χ2n) is 2.18. The van der Waals surface area contributed by atoms with E-state index in [9.17, 15) is 9.59 Å². The predicted octanol–water partition coefficient (Wildman–Crippen LogP) is 2.60. The van der Waals surface area contributed by atoms with E-state index < -0.39 is 11.9 Å². The minimum Gasteiger partial charge on any atom is -0.463 e.